The van der Waals surface area contributed by atoms with Crippen LogP contribution in [0.1, 0.15) is 27.2 Å². The van der Waals surface area contributed by atoms with Crippen molar-refractivity contribution in [3.63, 3.8) is 0 Å². The highest BCUT2D eigenvalue weighted by molar-refractivity contribution is 7.89. The number of sulfonamides is 1. The van der Waals surface area contributed by atoms with Crippen molar-refractivity contribution in [1.82, 2.24) is 10.0 Å². The maximum atomic E-state index is 12.8. The first kappa shape index (κ1) is 21.2. The number of nitrogens with zero attached hydrogens (tertiary/aromatic N) is 1. The van der Waals surface area contributed by atoms with E-state index in [0.717, 1.165) is 11.1 Å². The maximum absolute atomic E-state index is 12.8. The summed E-state index contributed by atoms with van der Waals surface area (Å²) in [4.78, 5) is 14.0. The third-order valence-corrected chi connectivity index (χ3v) is 5.58. The van der Waals surface area contributed by atoms with E-state index in [0.29, 0.717) is 11.8 Å². The average Bonchev–Trinajstić information content (AvgIpc) is 2.56. The third-order valence-electron chi connectivity index (χ3n) is 4.06. The van der Waals surface area contributed by atoms with Crippen LogP contribution in [0.2, 0.25) is 0 Å². The van der Waals surface area contributed by atoms with Crippen molar-refractivity contribution in [2.75, 3.05) is 32.1 Å². The first-order valence-electron chi connectivity index (χ1n) is 8.97. The second-order valence-corrected chi connectivity index (χ2v) is 9.74. The number of fused-ring (bicyclic) bond motifs is 1. The van der Waals surface area contributed by atoms with E-state index < -0.39 is 10.0 Å². The molecule has 148 valence electrons. The van der Waals surface area contributed by atoms with E-state index in [4.69, 9.17) is 0 Å². The second kappa shape index (κ2) is 8.27. The normalized spacial score (nSPS) is 12.2. The van der Waals surface area contributed by atoms with Crippen LogP contribution in [-0.4, -0.2) is 41.5 Å². The van der Waals surface area contributed by atoms with Crippen LogP contribution in [0.3, 0.4) is 0 Å². The van der Waals surface area contributed by atoms with Crippen molar-refractivity contribution >= 4 is 32.4 Å². The number of carbonyl (C=O) groups excluding carboxylic acids is 1. The Morgan fingerprint density at radius 2 is 1.63 bits per heavy atom. The number of amides is 1. The van der Waals surface area contributed by atoms with Gasteiger partial charge in [-0.25, -0.2) is 13.1 Å². The lowest BCUT2D eigenvalue weighted by Gasteiger charge is -2.18. The van der Waals surface area contributed by atoms with E-state index in [1.807, 2.05) is 64.0 Å². The molecule has 0 saturated carbocycles. The van der Waals surface area contributed by atoms with Crippen molar-refractivity contribution < 1.29 is 13.2 Å². The summed E-state index contributed by atoms with van der Waals surface area (Å²) in [5, 5.41) is 4.30. The fourth-order valence-corrected chi connectivity index (χ4v) is 4.15. The van der Waals surface area contributed by atoms with Crippen LogP contribution < -0.4 is 14.9 Å². The number of hydrogen-bond acceptors (Lipinski definition) is 4. The molecule has 6 nitrogen and oxygen atoms in total. The molecule has 27 heavy (non-hydrogen) atoms. The Morgan fingerprint density at radius 3 is 2.26 bits per heavy atom. The van der Waals surface area contributed by atoms with E-state index in [9.17, 15) is 13.2 Å². The number of nitrogens with one attached hydrogen (secondary N) is 2. The molecule has 7 heteroatoms. The van der Waals surface area contributed by atoms with Gasteiger partial charge < -0.3 is 10.2 Å². The highest BCUT2D eigenvalue weighted by Crippen LogP contribution is 2.30. The largest absolute Gasteiger partial charge is 0.377 e. The molecule has 2 N–H and O–H groups in total. The lowest BCUT2D eigenvalue weighted by Crippen LogP contribution is -2.36. The monoisotopic (exact) mass is 391 g/mol. The molecular formula is C20H29N3O3S. The summed E-state index contributed by atoms with van der Waals surface area (Å²) in [6.07, 6.45) is 0.399. The molecule has 0 bridgehead atoms. The molecular weight excluding hydrogens is 362 g/mol. The Bertz CT molecular complexity index is 916. The molecule has 0 aliphatic carbocycles. The minimum atomic E-state index is -3.68. The van der Waals surface area contributed by atoms with Gasteiger partial charge in [0.2, 0.25) is 15.9 Å². The molecule has 0 heterocycles. The zero-order valence-corrected chi connectivity index (χ0v) is 17.5. The predicted octanol–water partition coefficient (Wildman–Crippen LogP) is 2.74. The summed E-state index contributed by atoms with van der Waals surface area (Å²) in [7, 11) is 0.168. The summed E-state index contributed by atoms with van der Waals surface area (Å²) >= 11 is 0. The van der Waals surface area contributed by atoms with Crippen molar-refractivity contribution in [2.45, 2.75) is 32.1 Å². The fraction of sp³-hybridized carbons (Fsp3) is 0.450. The maximum Gasteiger partial charge on any atom is 0.241 e. The Hall–Kier alpha value is -2.12. The molecule has 2 aromatic carbocycles. The number of carbonyl (C=O) groups is 1. The molecule has 0 spiro atoms. The molecule has 0 radical (unpaired) electrons. The molecule has 0 saturated heterocycles. The van der Waals surface area contributed by atoms with Gasteiger partial charge >= 0.3 is 0 Å². The predicted molar refractivity (Wildman–Crippen MR) is 111 cm³/mol. The number of anilines is 1. The molecule has 2 rings (SSSR count). The summed E-state index contributed by atoms with van der Waals surface area (Å²) in [6, 6.07) is 10.9. The van der Waals surface area contributed by atoms with Crippen LogP contribution in [0.4, 0.5) is 5.69 Å². The lowest BCUT2D eigenvalue weighted by atomic mass is 9.92. The summed E-state index contributed by atoms with van der Waals surface area (Å²) in [5.41, 5.74) is 0.857. The Kier molecular flexibility index (Phi) is 6.49. The molecule has 0 atom stereocenters. The van der Waals surface area contributed by atoms with Gasteiger partial charge in [-0.1, -0.05) is 45.0 Å². The Labute approximate surface area is 162 Å². The molecule has 0 aliphatic rings. The number of hydrogen-bond donors (Lipinski definition) is 2. The van der Waals surface area contributed by atoms with E-state index in [1.165, 1.54) is 0 Å². The van der Waals surface area contributed by atoms with Gasteiger partial charge in [0, 0.05) is 50.1 Å². The Morgan fingerprint density at radius 1 is 1.00 bits per heavy atom. The summed E-state index contributed by atoms with van der Waals surface area (Å²) < 4.78 is 28.1. The molecule has 0 unspecified atom stereocenters. The van der Waals surface area contributed by atoms with Crippen LogP contribution >= 0.6 is 0 Å². The van der Waals surface area contributed by atoms with E-state index in [2.05, 4.69) is 10.0 Å². The quantitative estimate of drug-likeness (QED) is 0.712. The highest BCUT2D eigenvalue weighted by atomic mass is 32.2. The first-order valence-corrected chi connectivity index (χ1v) is 10.4. The van der Waals surface area contributed by atoms with Crippen molar-refractivity contribution in [1.29, 1.82) is 0 Å². The summed E-state index contributed by atoms with van der Waals surface area (Å²) in [6.45, 7) is 6.34. The minimum absolute atomic E-state index is 0.0810. The van der Waals surface area contributed by atoms with E-state index in [1.54, 1.807) is 12.1 Å². The van der Waals surface area contributed by atoms with Gasteiger partial charge in [0.15, 0.2) is 0 Å². The minimum Gasteiger partial charge on any atom is -0.377 e. The molecule has 2 aromatic rings. The van der Waals surface area contributed by atoms with Crippen LogP contribution in [0.5, 0.6) is 0 Å². The summed E-state index contributed by atoms with van der Waals surface area (Å²) in [5.74, 6) is -0.0810. The average molecular weight is 392 g/mol. The second-order valence-electron chi connectivity index (χ2n) is 8.01. The van der Waals surface area contributed by atoms with Gasteiger partial charge in [-0.3, -0.25) is 4.79 Å². The van der Waals surface area contributed by atoms with Gasteiger partial charge in [0.1, 0.15) is 0 Å². The number of benzene rings is 2. The Balaban J connectivity index is 2.11. The highest BCUT2D eigenvalue weighted by Gasteiger charge is 2.19. The van der Waals surface area contributed by atoms with Gasteiger partial charge in [0.25, 0.3) is 0 Å². The lowest BCUT2D eigenvalue weighted by molar-refractivity contribution is -0.122. The van der Waals surface area contributed by atoms with E-state index >= 15 is 0 Å². The van der Waals surface area contributed by atoms with E-state index in [-0.39, 0.29) is 29.3 Å². The zero-order chi connectivity index (χ0) is 20.2. The van der Waals surface area contributed by atoms with Crippen LogP contribution in [-0.2, 0) is 14.8 Å². The third kappa shape index (κ3) is 5.68. The number of rotatable bonds is 7. The smallest absolute Gasteiger partial charge is 0.241 e. The van der Waals surface area contributed by atoms with Crippen LogP contribution in [0.25, 0.3) is 10.8 Å². The van der Waals surface area contributed by atoms with Crippen molar-refractivity contribution in [3.05, 3.63) is 36.4 Å². The standard InChI is InChI=1S/C20H29N3O3S/c1-20(2,3)14-19(24)21-12-13-22-27(25,26)18-11-7-8-15-16(18)9-6-10-17(15)23(4)5/h6-11,22H,12-14H2,1-5H3,(H,21,24). The van der Waals surface area contributed by atoms with Crippen LogP contribution in [0, 0.1) is 5.41 Å². The van der Waals surface area contributed by atoms with Gasteiger partial charge in [-0.15, -0.1) is 0 Å². The molecule has 0 aromatic heterocycles. The fourth-order valence-electron chi connectivity index (χ4n) is 2.90. The topological polar surface area (TPSA) is 78.5 Å². The SMILES string of the molecule is CN(C)c1cccc2c(S(=O)(=O)NCCNC(=O)CC(C)(C)C)cccc12. The van der Waals surface area contributed by atoms with Crippen LogP contribution in [0.15, 0.2) is 41.3 Å². The van der Waals surface area contributed by atoms with Crippen molar-refractivity contribution in [3.8, 4) is 0 Å². The molecule has 0 aliphatic heterocycles. The first-order chi connectivity index (χ1) is 12.5. The van der Waals surface area contributed by atoms with Gasteiger partial charge in [0.05, 0.1) is 4.90 Å². The molecule has 0 fully saturated rings. The van der Waals surface area contributed by atoms with Gasteiger partial charge in [-0.05, 0) is 17.5 Å². The van der Waals surface area contributed by atoms with Crippen molar-refractivity contribution in [2.24, 2.45) is 5.41 Å². The molecule has 1 amide bonds. The van der Waals surface area contributed by atoms with Gasteiger partial charge in [-0.2, -0.15) is 0 Å². The zero-order valence-electron chi connectivity index (χ0n) is 16.7.